The van der Waals surface area contributed by atoms with E-state index in [1.807, 2.05) is 6.92 Å². The Hall–Kier alpha value is -2.10. The number of nitrogens with two attached hydrogens (primary N) is 1. The molecule has 20 heavy (non-hydrogen) atoms. The first kappa shape index (κ1) is 14.3. The lowest BCUT2D eigenvalue weighted by atomic mass is 10.1. The number of benzene rings is 2. The van der Waals surface area contributed by atoms with Crippen molar-refractivity contribution in [3.8, 4) is 11.5 Å². The summed E-state index contributed by atoms with van der Waals surface area (Å²) in [5.41, 5.74) is 6.47. The molecule has 0 aliphatic carbocycles. The maximum absolute atomic E-state index is 11.2. The SMILES string of the molecule is Cc1cc(Oc2ccc([PH](=O)O)cc2)cc(C(N)=O)c1. The average Bonchev–Trinajstić information content (AvgIpc) is 2.38. The molecule has 0 aromatic heterocycles. The van der Waals surface area contributed by atoms with E-state index >= 15 is 0 Å². The summed E-state index contributed by atoms with van der Waals surface area (Å²) < 4.78 is 16.5. The lowest BCUT2D eigenvalue weighted by Crippen LogP contribution is -2.11. The molecule has 0 aliphatic rings. The molecule has 0 fully saturated rings. The van der Waals surface area contributed by atoms with Crippen LogP contribution in [0, 0.1) is 6.92 Å². The van der Waals surface area contributed by atoms with Gasteiger partial charge in [-0.1, -0.05) is 0 Å². The fourth-order valence-electron chi connectivity index (χ4n) is 1.75. The Balaban J connectivity index is 2.25. The molecule has 0 heterocycles. The quantitative estimate of drug-likeness (QED) is 0.843. The average molecular weight is 291 g/mol. The van der Waals surface area contributed by atoms with Crippen molar-refractivity contribution in [3.05, 3.63) is 53.6 Å². The van der Waals surface area contributed by atoms with E-state index in [1.54, 1.807) is 30.3 Å². The maximum atomic E-state index is 11.2. The van der Waals surface area contributed by atoms with Crippen LogP contribution in [0.4, 0.5) is 0 Å². The van der Waals surface area contributed by atoms with Crippen LogP contribution in [0.5, 0.6) is 11.5 Å². The molecule has 2 rings (SSSR count). The van der Waals surface area contributed by atoms with E-state index in [0.29, 0.717) is 22.4 Å². The maximum Gasteiger partial charge on any atom is 0.248 e. The van der Waals surface area contributed by atoms with Crippen LogP contribution in [0.15, 0.2) is 42.5 Å². The molecule has 2 aromatic carbocycles. The Kier molecular flexibility index (Phi) is 4.23. The first-order chi connectivity index (χ1) is 9.45. The summed E-state index contributed by atoms with van der Waals surface area (Å²) in [6.45, 7) is 1.83. The molecule has 104 valence electrons. The molecule has 0 saturated carbocycles. The summed E-state index contributed by atoms with van der Waals surface area (Å²) in [6, 6.07) is 11.3. The predicted octanol–water partition coefficient (Wildman–Crippen LogP) is 1.98. The van der Waals surface area contributed by atoms with Crippen LogP contribution in [0.25, 0.3) is 0 Å². The van der Waals surface area contributed by atoms with Crippen molar-refractivity contribution >= 4 is 19.2 Å². The third-order valence-corrected chi connectivity index (χ3v) is 3.50. The summed E-state index contributed by atoms with van der Waals surface area (Å²) >= 11 is 0. The number of hydrogen-bond acceptors (Lipinski definition) is 3. The highest BCUT2D eigenvalue weighted by Crippen LogP contribution is 2.24. The molecule has 1 atom stereocenters. The largest absolute Gasteiger partial charge is 0.457 e. The van der Waals surface area contributed by atoms with Gasteiger partial charge in [-0.3, -0.25) is 9.36 Å². The second-order valence-electron chi connectivity index (χ2n) is 4.33. The van der Waals surface area contributed by atoms with Gasteiger partial charge in [-0.2, -0.15) is 0 Å². The van der Waals surface area contributed by atoms with Gasteiger partial charge in [0, 0.05) is 10.9 Å². The second-order valence-corrected chi connectivity index (χ2v) is 5.52. The Bertz CT molecular complexity index is 667. The number of carbonyl (C=O) groups is 1. The van der Waals surface area contributed by atoms with E-state index in [4.69, 9.17) is 15.4 Å². The Labute approximate surface area is 116 Å². The number of hydrogen-bond donors (Lipinski definition) is 2. The molecular weight excluding hydrogens is 277 g/mol. The third-order valence-electron chi connectivity index (χ3n) is 2.67. The van der Waals surface area contributed by atoms with Crippen molar-refractivity contribution in [2.45, 2.75) is 6.92 Å². The Morgan fingerprint density at radius 1 is 1.15 bits per heavy atom. The molecule has 0 spiro atoms. The number of primary amides is 1. The van der Waals surface area contributed by atoms with Gasteiger partial charge < -0.3 is 15.4 Å². The number of rotatable bonds is 4. The fraction of sp³-hybridized carbons (Fsp3) is 0.0714. The number of amides is 1. The van der Waals surface area contributed by atoms with E-state index in [2.05, 4.69) is 0 Å². The predicted molar refractivity (Wildman–Crippen MR) is 77.1 cm³/mol. The van der Waals surface area contributed by atoms with E-state index < -0.39 is 13.9 Å². The third kappa shape index (κ3) is 3.47. The van der Waals surface area contributed by atoms with Crippen molar-refractivity contribution in [1.82, 2.24) is 0 Å². The smallest absolute Gasteiger partial charge is 0.248 e. The monoisotopic (exact) mass is 291 g/mol. The minimum Gasteiger partial charge on any atom is -0.457 e. The molecule has 1 unspecified atom stereocenters. The summed E-state index contributed by atoms with van der Waals surface area (Å²) in [6.07, 6.45) is 0. The van der Waals surface area contributed by atoms with E-state index in [1.165, 1.54) is 12.1 Å². The van der Waals surface area contributed by atoms with Gasteiger partial charge in [0.05, 0.1) is 0 Å². The van der Waals surface area contributed by atoms with Crippen molar-refractivity contribution < 1.29 is 19.0 Å². The van der Waals surface area contributed by atoms with Gasteiger partial charge in [-0.25, -0.2) is 0 Å². The minimum atomic E-state index is -2.69. The first-order valence-electron chi connectivity index (χ1n) is 5.88. The molecule has 3 N–H and O–H groups in total. The van der Waals surface area contributed by atoms with Gasteiger partial charge in [-0.15, -0.1) is 0 Å². The zero-order valence-corrected chi connectivity index (χ0v) is 11.8. The fourth-order valence-corrected chi connectivity index (χ4v) is 2.20. The summed E-state index contributed by atoms with van der Waals surface area (Å²) in [7, 11) is -2.69. The van der Waals surface area contributed by atoms with Crippen molar-refractivity contribution in [3.63, 3.8) is 0 Å². The van der Waals surface area contributed by atoms with Crippen LogP contribution < -0.4 is 15.8 Å². The molecule has 5 nitrogen and oxygen atoms in total. The van der Waals surface area contributed by atoms with Crippen molar-refractivity contribution in [1.29, 1.82) is 0 Å². The van der Waals surface area contributed by atoms with E-state index in [0.717, 1.165) is 5.56 Å². The van der Waals surface area contributed by atoms with Crippen molar-refractivity contribution in [2.75, 3.05) is 0 Å². The normalized spacial score (nSPS) is 11.9. The number of carbonyl (C=O) groups excluding carboxylic acids is 1. The highest BCUT2D eigenvalue weighted by atomic mass is 31.1. The topological polar surface area (TPSA) is 89.6 Å². The number of ether oxygens (including phenoxy) is 1. The van der Waals surface area contributed by atoms with Crippen LogP contribution in [-0.4, -0.2) is 10.8 Å². The highest BCUT2D eigenvalue weighted by Gasteiger charge is 2.06. The van der Waals surface area contributed by atoms with Crippen LogP contribution in [0.1, 0.15) is 15.9 Å². The number of aryl methyl sites for hydroxylation is 1. The molecule has 1 amide bonds. The Morgan fingerprint density at radius 3 is 2.35 bits per heavy atom. The zero-order valence-electron chi connectivity index (χ0n) is 10.8. The molecular formula is C14H14NO4P. The molecule has 0 saturated heterocycles. The first-order valence-corrected chi connectivity index (χ1v) is 7.24. The Morgan fingerprint density at radius 2 is 1.80 bits per heavy atom. The highest BCUT2D eigenvalue weighted by molar-refractivity contribution is 7.47. The lowest BCUT2D eigenvalue weighted by Gasteiger charge is -2.08. The molecule has 0 radical (unpaired) electrons. The van der Waals surface area contributed by atoms with Crippen LogP contribution in [-0.2, 0) is 4.57 Å². The molecule has 0 bridgehead atoms. The summed E-state index contributed by atoms with van der Waals surface area (Å²) in [5, 5.41) is 0.365. The van der Waals surface area contributed by atoms with Gasteiger partial charge in [0.1, 0.15) is 11.5 Å². The zero-order chi connectivity index (χ0) is 14.7. The van der Waals surface area contributed by atoms with Crippen LogP contribution in [0.2, 0.25) is 0 Å². The van der Waals surface area contributed by atoms with Crippen LogP contribution in [0.3, 0.4) is 0 Å². The lowest BCUT2D eigenvalue weighted by molar-refractivity contribution is 0.1000. The van der Waals surface area contributed by atoms with Gasteiger partial charge in [-0.05, 0) is 55.0 Å². The van der Waals surface area contributed by atoms with Crippen molar-refractivity contribution in [2.24, 2.45) is 5.73 Å². The molecule has 2 aromatic rings. The van der Waals surface area contributed by atoms with Gasteiger partial charge in [0.25, 0.3) is 0 Å². The summed E-state index contributed by atoms with van der Waals surface area (Å²) in [4.78, 5) is 20.2. The molecule has 6 heteroatoms. The van der Waals surface area contributed by atoms with Gasteiger partial charge in [0.15, 0.2) is 0 Å². The second kappa shape index (κ2) is 5.90. The van der Waals surface area contributed by atoms with E-state index in [9.17, 15) is 9.36 Å². The van der Waals surface area contributed by atoms with Gasteiger partial charge in [0.2, 0.25) is 13.9 Å². The summed E-state index contributed by atoms with van der Waals surface area (Å²) in [5.74, 6) is 0.481. The van der Waals surface area contributed by atoms with Gasteiger partial charge >= 0.3 is 0 Å². The van der Waals surface area contributed by atoms with E-state index in [-0.39, 0.29) is 0 Å². The van der Waals surface area contributed by atoms with Crippen LogP contribution >= 0.6 is 8.03 Å². The molecule has 0 aliphatic heterocycles. The minimum absolute atomic E-state index is 0.365. The standard InChI is InChI=1S/C14H14NO4P/c1-9-6-10(14(15)16)8-12(7-9)19-11-2-4-13(5-3-11)20(17)18/h2-8,20H,1H3,(H2,15,16)(H,17,18).